The highest BCUT2D eigenvalue weighted by Gasteiger charge is 2.42. The van der Waals surface area contributed by atoms with Crippen LogP contribution in [0, 0.1) is 0 Å². The largest absolute Gasteiger partial charge is 0.342 e. The van der Waals surface area contributed by atoms with Crippen molar-refractivity contribution < 1.29 is 9.59 Å². The zero-order chi connectivity index (χ0) is 16.4. The Hall–Kier alpha value is -1.53. The van der Waals surface area contributed by atoms with Crippen molar-refractivity contribution in [1.82, 2.24) is 15.1 Å². The summed E-state index contributed by atoms with van der Waals surface area (Å²) in [7, 11) is 0. The third-order valence-corrected chi connectivity index (χ3v) is 5.34. The average molecular weight is 333 g/mol. The van der Waals surface area contributed by atoms with Crippen molar-refractivity contribution in [3.05, 3.63) is 29.8 Å². The molecule has 0 spiro atoms. The van der Waals surface area contributed by atoms with Crippen molar-refractivity contribution in [1.29, 1.82) is 0 Å². The fourth-order valence-corrected chi connectivity index (χ4v) is 3.79. The molecule has 2 aliphatic rings. The predicted octanol–water partition coefficient (Wildman–Crippen LogP) is 1.33. The van der Waals surface area contributed by atoms with Crippen LogP contribution in [0.25, 0.3) is 0 Å². The first kappa shape index (κ1) is 16.3. The lowest BCUT2D eigenvalue weighted by Gasteiger charge is -2.45. The Labute approximate surface area is 141 Å². The molecule has 0 aromatic heterocycles. The summed E-state index contributed by atoms with van der Waals surface area (Å²) in [6.07, 6.45) is 2.72. The van der Waals surface area contributed by atoms with Gasteiger partial charge in [-0.1, -0.05) is 19.1 Å². The van der Waals surface area contributed by atoms with Crippen LogP contribution < -0.4 is 5.32 Å². The first-order valence-electron chi connectivity index (χ1n) is 8.08. The molecule has 2 heterocycles. The molecular formula is C17H23N3O2S. The third-order valence-electron chi connectivity index (χ3n) is 4.61. The topological polar surface area (TPSA) is 52.7 Å². The molecule has 1 N–H and O–H groups in total. The summed E-state index contributed by atoms with van der Waals surface area (Å²) in [6.45, 7) is 4.80. The first-order chi connectivity index (χ1) is 11.1. The second-order valence-electron chi connectivity index (χ2n) is 6.10. The summed E-state index contributed by atoms with van der Waals surface area (Å²) in [6, 6.07) is 7.79. The number of hydrogen-bond donors (Lipinski definition) is 1. The summed E-state index contributed by atoms with van der Waals surface area (Å²) < 4.78 is 0. The highest BCUT2D eigenvalue weighted by molar-refractivity contribution is 7.98. The maximum atomic E-state index is 12.4. The quantitative estimate of drug-likeness (QED) is 0.845. The Bertz CT molecular complexity index is 607. The maximum Gasteiger partial charge on any atom is 0.245 e. The average Bonchev–Trinajstić information content (AvgIpc) is 2.58. The van der Waals surface area contributed by atoms with Gasteiger partial charge in [0, 0.05) is 31.1 Å². The molecule has 1 aromatic rings. The zero-order valence-corrected chi connectivity index (χ0v) is 14.4. The smallest absolute Gasteiger partial charge is 0.245 e. The van der Waals surface area contributed by atoms with Crippen LogP contribution >= 0.6 is 11.8 Å². The van der Waals surface area contributed by atoms with Crippen LogP contribution in [0.1, 0.15) is 18.9 Å². The molecule has 5 nitrogen and oxygen atoms in total. The van der Waals surface area contributed by atoms with E-state index in [4.69, 9.17) is 0 Å². The van der Waals surface area contributed by atoms with Gasteiger partial charge in [-0.25, -0.2) is 0 Å². The number of amides is 2. The Morgan fingerprint density at radius 1 is 1.30 bits per heavy atom. The fourth-order valence-electron chi connectivity index (χ4n) is 3.31. The summed E-state index contributed by atoms with van der Waals surface area (Å²) in [4.78, 5) is 30.0. The number of fused-ring (bicyclic) bond motifs is 1. The van der Waals surface area contributed by atoms with Gasteiger partial charge in [0.05, 0.1) is 0 Å². The number of nitrogens with one attached hydrogen (secondary N) is 1. The van der Waals surface area contributed by atoms with Gasteiger partial charge >= 0.3 is 0 Å². The van der Waals surface area contributed by atoms with Gasteiger partial charge in [-0.2, -0.15) is 0 Å². The van der Waals surface area contributed by atoms with Crippen LogP contribution in [0.5, 0.6) is 0 Å². The molecule has 3 rings (SSSR count). The molecule has 2 aliphatic heterocycles. The van der Waals surface area contributed by atoms with Gasteiger partial charge in [-0.3, -0.25) is 14.5 Å². The van der Waals surface area contributed by atoms with E-state index in [0.717, 1.165) is 13.1 Å². The van der Waals surface area contributed by atoms with Crippen molar-refractivity contribution >= 4 is 23.6 Å². The van der Waals surface area contributed by atoms with Gasteiger partial charge in [-0.15, -0.1) is 11.8 Å². The van der Waals surface area contributed by atoms with Gasteiger partial charge in [-0.05, 0) is 30.4 Å². The summed E-state index contributed by atoms with van der Waals surface area (Å²) >= 11 is 1.73. The molecule has 2 atom stereocenters. The number of nitrogens with zero attached hydrogens (tertiary/aromatic N) is 2. The second kappa shape index (κ2) is 6.93. The molecule has 0 aliphatic carbocycles. The van der Waals surface area contributed by atoms with Crippen LogP contribution in [0.15, 0.2) is 29.2 Å². The monoisotopic (exact) mass is 333 g/mol. The standard InChI is InChI=1S/C17H23N3O2S/c1-3-14-17(22)20-8-7-19(11-15(20)16(21)18-14)10-12-5-4-6-13(9-12)23-2/h4-6,9,14-15H,3,7-8,10-11H2,1-2H3,(H,18,21)/t14-,15+/m0/s1. The Balaban J connectivity index is 1.68. The number of carbonyl (C=O) groups is 2. The normalized spacial score (nSPS) is 25.2. The molecule has 23 heavy (non-hydrogen) atoms. The molecule has 6 heteroatoms. The minimum absolute atomic E-state index is 0.0148. The van der Waals surface area contributed by atoms with Crippen LogP contribution in [0.4, 0.5) is 0 Å². The highest BCUT2D eigenvalue weighted by Crippen LogP contribution is 2.21. The molecule has 0 bridgehead atoms. The molecule has 2 fully saturated rings. The molecular weight excluding hydrogens is 310 g/mol. The van der Waals surface area contributed by atoms with Crippen LogP contribution in [0.3, 0.4) is 0 Å². The van der Waals surface area contributed by atoms with Gasteiger partial charge in [0.15, 0.2) is 0 Å². The number of carbonyl (C=O) groups excluding carboxylic acids is 2. The number of thioether (sulfide) groups is 1. The maximum absolute atomic E-state index is 12.4. The molecule has 0 unspecified atom stereocenters. The Morgan fingerprint density at radius 3 is 2.87 bits per heavy atom. The lowest BCUT2D eigenvalue weighted by atomic mass is 10.0. The van der Waals surface area contributed by atoms with Crippen LogP contribution in [0.2, 0.25) is 0 Å². The molecule has 0 radical (unpaired) electrons. The lowest BCUT2D eigenvalue weighted by Crippen LogP contribution is -2.68. The number of rotatable bonds is 4. The van der Waals surface area contributed by atoms with Gasteiger partial charge < -0.3 is 10.2 Å². The molecule has 0 saturated carbocycles. The van der Waals surface area contributed by atoms with Crippen molar-refractivity contribution in [2.75, 3.05) is 25.9 Å². The van der Waals surface area contributed by atoms with E-state index >= 15 is 0 Å². The first-order valence-corrected chi connectivity index (χ1v) is 9.31. The molecule has 2 amide bonds. The molecule has 2 saturated heterocycles. The number of piperazine rings is 2. The zero-order valence-electron chi connectivity index (χ0n) is 13.6. The Morgan fingerprint density at radius 2 is 2.13 bits per heavy atom. The van der Waals surface area contributed by atoms with Gasteiger partial charge in [0.2, 0.25) is 11.8 Å². The van der Waals surface area contributed by atoms with Gasteiger partial charge in [0.1, 0.15) is 12.1 Å². The van der Waals surface area contributed by atoms with E-state index in [0.29, 0.717) is 19.5 Å². The number of hydrogen-bond acceptors (Lipinski definition) is 4. The van der Waals surface area contributed by atoms with Crippen molar-refractivity contribution in [2.24, 2.45) is 0 Å². The summed E-state index contributed by atoms with van der Waals surface area (Å²) in [5.74, 6) is 0.0557. The second-order valence-corrected chi connectivity index (χ2v) is 6.98. The van der Waals surface area contributed by atoms with E-state index in [1.807, 2.05) is 6.92 Å². The van der Waals surface area contributed by atoms with E-state index in [1.54, 1.807) is 16.7 Å². The van der Waals surface area contributed by atoms with Crippen LogP contribution in [-0.2, 0) is 16.1 Å². The predicted molar refractivity (Wildman–Crippen MR) is 91.2 cm³/mol. The van der Waals surface area contributed by atoms with Crippen molar-refractivity contribution in [3.8, 4) is 0 Å². The van der Waals surface area contributed by atoms with E-state index in [-0.39, 0.29) is 23.9 Å². The van der Waals surface area contributed by atoms with E-state index in [9.17, 15) is 9.59 Å². The van der Waals surface area contributed by atoms with E-state index in [1.165, 1.54) is 10.5 Å². The fraction of sp³-hybridized carbons (Fsp3) is 0.529. The van der Waals surface area contributed by atoms with E-state index in [2.05, 4.69) is 40.7 Å². The lowest BCUT2D eigenvalue weighted by molar-refractivity contribution is -0.153. The minimum Gasteiger partial charge on any atom is -0.342 e. The molecule has 1 aromatic carbocycles. The minimum atomic E-state index is -0.345. The van der Waals surface area contributed by atoms with Crippen molar-refractivity contribution in [2.45, 2.75) is 36.9 Å². The summed E-state index contributed by atoms with van der Waals surface area (Å²) in [5, 5.41) is 2.86. The van der Waals surface area contributed by atoms with Crippen molar-refractivity contribution in [3.63, 3.8) is 0 Å². The third kappa shape index (κ3) is 3.38. The van der Waals surface area contributed by atoms with Crippen LogP contribution in [-0.4, -0.2) is 59.6 Å². The Kier molecular flexibility index (Phi) is 4.92. The SMILES string of the molecule is CC[C@@H]1NC(=O)[C@H]2CN(Cc3cccc(SC)c3)CCN2C1=O. The molecule has 124 valence electrons. The number of benzene rings is 1. The van der Waals surface area contributed by atoms with E-state index < -0.39 is 0 Å². The summed E-state index contributed by atoms with van der Waals surface area (Å²) in [5.41, 5.74) is 1.25. The highest BCUT2D eigenvalue weighted by atomic mass is 32.2. The van der Waals surface area contributed by atoms with Gasteiger partial charge in [0.25, 0.3) is 0 Å².